The van der Waals surface area contributed by atoms with E-state index in [-0.39, 0.29) is 43.2 Å². The van der Waals surface area contributed by atoms with Crippen LogP contribution >= 0.6 is 0 Å². The molecular formula is C42H64O19. The fraction of sp³-hybridized carbons (Fsp3) is 0.905. The van der Waals surface area contributed by atoms with E-state index in [0.29, 0.717) is 44.9 Å². The van der Waals surface area contributed by atoms with E-state index in [2.05, 4.69) is 6.92 Å². The molecule has 4 aliphatic carbocycles. The predicted molar refractivity (Wildman–Crippen MR) is 203 cm³/mol. The summed E-state index contributed by atoms with van der Waals surface area (Å²) in [7, 11) is 1.47. The first-order chi connectivity index (χ1) is 28.9. The third kappa shape index (κ3) is 7.55. The molecule has 346 valence electrons. The van der Waals surface area contributed by atoms with Gasteiger partial charge in [-0.3, -0.25) is 0 Å². The molecule has 0 bridgehead atoms. The summed E-state index contributed by atoms with van der Waals surface area (Å²) in [6.07, 6.45) is -12.2. The SMILES string of the molecule is CO[C@H]1C[C@H](O[C@H]2CC[C@]3(C=O)[C@H]4CC[C@]5(C)[C@@H](C6=CC(=O)OC6)CC[C@]5(O)[C@@H]4CC[C@]3(O)C2)O[C@H](C)[C@H]1O[C@@H]1O[C@H](COC2O[C@H](CO)[C@@H](O)[C@H](O)[C@H]2O)[C@@H](O)[C@H](O)[C@H]1O. The fourth-order valence-electron chi connectivity index (χ4n) is 12.9. The first kappa shape index (κ1) is 45.8. The zero-order valence-electron chi connectivity index (χ0n) is 34.8. The summed E-state index contributed by atoms with van der Waals surface area (Å²) in [5, 5.41) is 97.4. The highest BCUT2D eigenvalue weighted by atomic mass is 16.8. The molecule has 4 saturated carbocycles. The lowest BCUT2D eigenvalue weighted by atomic mass is 9.41. The maximum Gasteiger partial charge on any atom is 0.331 e. The van der Waals surface area contributed by atoms with Gasteiger partial charge >= 0.3 is 5.97 Å². The normalized spacial score (nSPS) is 53.6. The highest BCUT2D eigenvalue weighted by molar-refractivity contribution is 5.85. The molecule has 61 heavy (non-hydrogen) atoms. The minimum atomic E-state index is -1.75. The number of esters is 1. The number of fused-ring (bicyclic) bond motifs is 5. The zero-order chi connectivity index (χ0) is 43.8. The van der Waals surface area contributed by atoms with Gasteiger partial charge in [0.05, 0.1) is 48.1 Å². The molecule has 9 N–H and O–H groups in total. The Morgan fingerprint density at radius 2 is 1.51 bits per heavy atom. The molecule has 1 unspecified atom stereocenters. The van der Waals surface area contributed by atoms with Gasteiger partial charge < -0.3 is 88.6 Å². The van der Waals surface area contributed by atoms with Gasteiger partial charge in [-0.25, -0.2) is 4.79 Å². The molecule has 0 aromatic heterocycles. The van der Waals surface area contributed by atoms with Gasteiger partial charge in [0.25, 0.3) is 0 Å². The molecule has 4 aliphatic heterocycles. The first-order valence-electron chi connectivity index (χ1n) is 21.8. The maximum atomic E-state index is 13.3. The lowest BCUT2D eigenvalue weighted by Gasteiger charge is -2.65. The van der Waals surface area contributed by atoms with Crippen molar-refractivity contribution in [1.29, 1.82) is 0 Å². The predicted octanol–water partition coefficient (Wildman–Crippen LogP) is -1.92. The molecule has 7 fully saturated rings. The van der Waals surface area contributed by atoms with Crippen LogP contribution in [0.15, 0.2) is 11.6 Å². The number of cyclic esters (lactones) is 1. The summed E-state index contributed by atoms with van der Waals surface area (Å²) in [5.41, 5.74) is -3.06. The van der Waals surface area contributed by atoms with Crippen molar-refractivity contribution >= 4 is 12.3 Å². The summed E-state index contributed by atoms with van der Waals surface area (Å²) < 4.78 is 46.7. The minimum absolute atomic E-state index is 0.00485. The minimum Gasteiger partial charge on any atom is -0.458 e. The Hall–Kier alpha value is -1.76. The van der Waals surface area contributed by atoms with E-state index in [0.717, 1.165) is 18.3 Å². The fourth-order valence-corrected chi connectivity index (χ4v) is 12.9. The van der Waals surface area contributed by atoms with Crippen LogP contribution in [0.5, 0.6) is 0 Å². The molecule has 22 atom stereocenters. The van der Waals surface area contributed by atoms with E-state index in [1.165, 1.54) is 7.11 Å². The number of hydrogen-bond donors (Lipinski definition) is 9. The molecule has 0 amide bonds. The third-order valence-corrected chi connectivity index (χ3v) is 16.3. The molecule has 0 spiro atoms. The lowest BCUT2D eigenvalue weighted by molar-refractivity contribution is -0.355. The van der Waals surface area contributed by atoms with E-state index in [1.807, 2.05) is 0 Å². The number of methoxy groups -OCH3 is 1. The van der Waals surface area contributed by atoms with E-state index in [4.69, 9.17) is 37.9 Å². The second-order valence-corrected chi connectivity index (χ2v) is 19.2. The van der Waals surface area contributed by atoms with Crippen LogP contribution in [0, 0.1) is 28.6 Å². The summed E-state index contributed by atoms with van der Waals surface area (Å²) in [6, 6.07) is 0. The number of rotatable bonds is 11. The molecule has 8 aliphatic rings. The van der Waals surface area contributed by atoms with Crippen molar-refractivity contribution in [2.75, 3.05) is 26.9 Å². The zero-order valence-corrected chi connectivity index (χ0v) is 34.8. The van der Waals surface area contributed by atoms with Crippen molar-refractivity contribution in [2.45, 2.75) is 181 Å². The number of aliphatic hydroxyl groups excluding tert-OH is 7. The van der Waals surface area contributed by atoms with Crippen LogP contribution in [0.1, 0.15) is 78.1 Å². The Labute approximate surface area is 353 Å². The van der Waals surface area contributed by atoms with Gasteiger partial charge in [0.1, 0.15) is 67.8 Å². The highest BCUT2D eigenvalue weighted by Gasteiger charge is 2.71. The van der Waals surface area contributed by atoms with Crippen molar-refractivity contribution in [3.63, 3.8) is 0 Å². The molecule has 0 aromatic carbocycles. The van der Waals surface area contributed by atoms with Gasteiger partial charge in [0, 0.05) is 31.4 Å². The van der Waals surface area contributed by atoms with Crippen LogP contribution in [-0.2, 0) is 47.5 Å². The van der Waals surface area contributed by atoms with Crippen molar-refractivity contribution in [3.05, 3.63) is 11.6 Å². The monoisotopic (exact) mass is 872 g/mol. The molecule has 0 aromatic rings. The smallest absolute Gasteiger partial charge is 0.331 e. The lowest BCUT2D eigenvalue weighted by Crippen LogP contribution is -2.69. The van der Waals surface area contributed by atoms with Crippen molar-refractivity contribution in [3.8, 4) is 0 Å². The number of hydrogen-bond acceptors (Lipinski definition) is 19. The van der Waals surface area contributed by atoms with Crippen LogP contribution in [0.3, 0.4) is 0 Å². The maximum absolute atomic E-state index is 13.3. The van der Waals surface area contributed by atoms with Gasteiger partial charge in [-0.15, -0.1) is 0 Å². The topological polar surface area (TPSA) is 290 Å². The van der Waals surface area contributed by atoms with E-state index < -0.39 is 127 Å². The van der Waals surface area contributed by atoms with Crippen molar-refractivity contribution < 1.29 is 93.4 Å². The Bertz CT molecular complexity index is 1630. The summed E-state index contributed by atoms with van der Waals surface area (Å²) in [4.78, 5) is 25.3. The van der Waals surface area contributed by atoms with E-state index >= 15 is 0 Å². The average Bonchev–Trinajstić information content (AvgIpc) is 3.79. The number of aldehydes is 1. The molecule has 4 heterocycles. The second kappa shape index (κ2) is 17.2. The average molecular weight is 873 g/mol. The van der Waals surface area contributed by atoms with Gasteiger partial charge in [-0.1, -0.05) is 6.92 Å². The Balaban J connectivity index is 0.886. The van der Waals surface area contributed by atoms with Gasteiger partial charge in [0.2, 0.25) is 0 Å². The van der Waals surface area contributed by atoms with Gasteiger partial charge in [-0.05, 0) is 81.6 Å². The molecule has 3 saturated heterocycles. The van der Waals surface area contributed by atoms with Crippen LogP contribution in [0.4, 0.5) is 0 Å². The first-order valence-corrected chi connectivity index (χ1v) is 21.8. The van der Waals surface area contributed by atoms with E-state index in [9.17, 15) is 55.5 Å². The van der Waals surface area contributed by atoms with Crippen LogP contribution in [0.2, 0.25) is 0 Å². The summed E-state index contributed by atoms with van der Waals surface area (Å²) in [5.74, 6) is -0.767. The van der Waals surface area contributed by atoms with Crippen LogP contribution in [0.25, 0.3) is 0 Å². The molecule has 19 heteroatoms. The molecular weight excluding hydrogens is 808 g/mol. The number of ether oxygens (including phenoxy) is 8. The van der Waals surface area contributed by atoms with Crippen molar-refractivity contribution in [2.24, 2.45) is 28.6 Å². The second-order valence-electron chi connectivity index (χ2n) is 19.2. The standard InChI is InChI=1S/C42H64O19/c1-19-36(61-38-35(51)33(49)31(47)27(60-38)17-56-37-34(50)32(48)30(46)26(15-43)59-37)25(54-3)13-29(57-19)58-21-4-9-40(18-44)23-5-8-39(2)22(20-12-28(45)55-16-20)7-11-42(39,53)24(23)6-10-41(40,52)14-21/h12,18-19,21-27,29-38,43,46-53H,4-11,13-17H2,1-3H3/t19-,21+,22-,23+,24-,25+,26-,27-,29+,30-,31-,32+,33+,34-,35-,36-,37?,38+,39-,40+,41+,42+/m1/s1. The number of carbonyl (C=O) groups is 2. The third-order valence-electron chi connectivity index (χ3n) is 16.3. The van der Waals surface area contributed by atoms with Crippen LogP contribution in [-0.4, -0.2) is 188 Å². The quantitative estimate of drug-likeness (QED) is 0.0622. The number of carbonyl (C=O) groups excluding carboxylic acids is 2. The van der Waals surface area contributed by atoms with Gasteiger partial charge in [0.15, 0.2) is 18.9 Å². The summed E-state index contributed by atoms with van der Waals surface area (Å²) in [6.45, 7) is 2.86. The number of aliphatic hydroxyl groups is 9. The van der Waals surface area contributed by atoms with Crippen molar-refractivity contribution in [1.82, 2.24) is 0 Å². The highest BCUT2D eigenvalue weighted by Crippen LogP contribution is 2.70. The van der Waals surface area contributed by atoms with Gasteiger partial charge in [-0.2, -0.15) is 0 Å². The Morgan fingerprint density at radius 3 is 2.18 bits per heavy atom. The molecule has 8 rings (SSSR count). The van der Waals surface area contributed by atoms with E-state index in [1.54, 1.807) is 13.0 Å². The molecule has 0 radical (unpaired) electrons. The summed E-state index contributed by atoms with van der Waals surface area (Å²) >= 11 is 0. The Kier molecular flexibility index (Phi) is 12.9. The van der Waals surface area contributed by atoms with Crippen LogP contribution < -0.4 is 0 Å². The Morgan fingerprint density at radius 1 is 0.820 bits per heavy atom. The largest absolute Gasteiger partial charge is 0.458 e. The molecule has 19 nitrogen and oxygen atoms in total.